The van der Waals surface area contributed by atoms with Crippen LogP contribution in [0.15, 0.2) is 29.2 Å². The maximum atomic E-state index is 12.0. The minimum Gasteiger partial charge on any atom is -0.444 e. The first-order chi connectivity index (χ1) is 14.4. The molecule has 0 spiro atoms. The fraction of sp³-hybridized carbons (Fsp3) is 0.474. The molecule has 0 saturated carbocycles. The van der Waals surface area contributed by atoms with Crippen molar-refractivity contribution >= 4 is 27.8 Å². The molecule has 0 radical (unpaired) electrons. The monoisotopic (exact) mass is 455 g/mol. The van der Waals surface area contributed by atoms with Gasteiger partial charge < -0.3 is 15.4 Å². The van der Waals surface area contributed by atoms with Crippen LogP contribution in [0.4, 0.5) is 10.5 Å². The molecule has 31 heavy (non-hydrogen) atoms. The largest absolute Gasteiger partial charge is 0.444 e. The van der Waals surface area contributed by atoms with E-state index in [9.17, 15) is 28.1 Å². The van der Waals surface area contributed by atoms with Gasteiger partial charge in [-0.3, -0.25) is 19.1 Å². The van der Waals surface area contributed by atoms with Crippen molar-refractivity contribution < 1.29 is 31.9 Å². The topological polar surface area (TPSA) is 154 Å². The standard InChI is InChI=1S/C19H25N3O8S/c1-19(2,3)30-18(24)21-13-6-7-17(23)20-12-4-5-14-29-31(27,28)16-10-8-15(9-11-16)22(25)26/h8-11H,6-7,12-14H2,1-3H3,(H,20,23)(H,21,24). The summed E-state index contributed by atoms with van der Waals surface area (Å²) in [5, 5.41) is 15.7. The van der Waals surface area contributed by atoms with Crippen molar-refractivity contribution in [1.29, 1.82) is 0 Å². The van der Waals surface area contributed by atoms with Gasteiger partial charge in [-0.1, -0.05) is 11.8 Å². The summed E-state index contributed by atoms with van der Waals surface area (Å²) in [6.45, 7) is 5.09. The molecule has 0 heterocycles. The van der Waals surface area contributed by atoms with Gasteiger partial charge >= 0.3 is 6.09 Å². The number of hydrogen-bond donors (Lipinski definition) is 2. The summed E-state index contributed by atoms with van der Waals surface area (Å²) in [5.41, 5.74) is -0.833. The van der Waals surface area contributed by atoms with Gasteiger partial charge in [0, 0.05) is 25.1 Å². The van der Waals surface area contributed by atoms with E-state index in [0.29, 0.717) is 6.42 Å². The van der Waals surface area contributed by atoms with Crippen molar-refractivity contribution in [3.8, 4) is 11.8 Å². The number of hydrogen-bond acceptors (Lipinski definition) is 8. The van der Waals surface area contributed by atoms with Gasteiger partial charge in [-0.25, -0.2) is 4.79 Å². The van der Waals surface area contributed by atoms with E-state index in [4.69, 9.17) is 8.92 Å². The highest BCUT2D eigenvalue weighted by atomic mass is 32.2. The summed E-state index contributed by atoms with van der Waals surface area (Å²) < 4.78 is 33.7. The lowest BCUT2D eigenvalue weighted by Gasteiger charge is -2.19. The molecule has 2 N–H and O–H groups in total. The Balaban J connectivity index is 2.26. The number of non-ortho nitro benzene ring substituents is 1. The van der Waals surface area contributed by atoms with E-state index in [1.807, 2.05) is 0 Å². The highest BCUT2D eigenvalue weighted by Gasteiger charge is 2.16. The molecule has 0 fully saturated rings. The van der Waals surface area contributed by atoms with E-state index < -0.39 is 33.3 Å². The van der Waals surface area contributed by atoms with E-state index in [0.717, 1.165) is 24.3 Å². The smallest absolute Gasteiger partial charge is 0.407 e. The maximum Gasteiger partial charge on any atom is 0.407 e. The van der Waals surface area contributed by atoms with Crippen LogP contribution < -0.4 is 10.6 Å². The third kappa shape index (κ3) is 11.0. The third-order valence-electron chi connectivity index (χ3n) is 3.37. The Hall–Kier alpha value is -3.17. The molecule has 0 bridgehead atoms. The summed E-state index contributed by atoms with van der Waals surface area (Å²) >= 11 is 0. The second kappa shape index (κ2) is 11.9. The fourth-order valence-corrected chi connectivity index (χ4v) is 2.83. The molecule has 1 aromatic carbocycles. The first kappa shape index (κ1) is 25.9. The summed E-state index contributed by atoms with van der Waals surface area (Å²) in [6.07, 6.45) is 0.0277. The first-order valence-electron chi connectivity index (χ1n) is 9.24. The first-order valence-corrected chi connectivity index (χ1v) is 10.6. The molecule has 0 saturated heterocycles. The van der Waals surface area contributed by atoms with E-state index in [1.54, 1.807) is 20.8 Å². The Labute approximate surface area is 180 Å². The predicted molar refractivity (Wildman–Crippen MR) is 110 cm³/mol. The number of nitrogens with zero attached hydrogens (tertiary/aromatic N) is 1. The molecular weight excluding hydrogens is 430 g/mol. The van der Waals surface area contributed by atoms with Crippen LogP contribution in [0, 0.1) is 22.0 Å². The number of carbonyl (C=O) groups excluding carboxylic acids is 2. The van der Waals surface area contributed by atoms with Crippen LogP contribution in [0.2, 0.25) is 0 Å². The van der Waals surface area contributed by atoms with Gasteiger partial charge in [0.05, 0.1) is 16.4 Å². The Morgan fingerprint density at radius 3 is 2.35 bits per heavy atom. The van der Waals surface area contributed by atoms with Crippen molar-refractivity contribution in [2.75, 3.05) is 19.7 Å². The molecular formula is C19H25N3O8S. The number of nitro groups is 1. The number of rotatable bonds is 9. The second-order valence-electron chi connectivity index (χ2n) is 7.13. The average Bonchev–Trinajstić information content (AvgIpc) is 2.66. The molecule has 0 unspecified atom stereocenters. The molecule has 0 aliphatic carbocycles. The summed E-state index contributed by atoms with van der Waals surface area (Å²) in [7, 11) is -4.10. The van der Waals surface area contributed by atoms with Gasteiger partial charge in [-0.05, 0) is 39.3 Å². The Morgan fingerprint density at radius 2 is 1.77 bits per heavy atom. The number of nitro benzene ring substituents is 1. The van der Waals surface area contributed by atoms with Gasteiger partial charge in [0.15, 0.2) is 0 Å². The van der Waals surface area contributed by atoms with E-state index >= 15 is 0 Å². The Kier molecular flexibility index (Phi) is 9.91. The highest BCUT2D eigenvalue weighted by molar-refractivity contribution is 7.86. The lowest BCUT2D eigenvalue weighted by molar-refractivity contribution is -0.384. The number of amides is 2. The summed E-state index contributed by atoms with van der Waals surface area (Å²) in [5.74, 6) is 4.72. The van der Waals surface area contributed by atoms with Crippen LogP contribution in [0.3, 0.4) is 0 Å². The van der Waals surface area contributed by atoms with Crippen LogP contribution >= 0.6 is 0 Å². The highest BCUT2D eigenvalue weighted by Crippen LogP contribution is 2.17. The number of benzene rings is 1. The lowest BCUT2D eigenvalue weighted by Crippen LogP contribution is -2.33. The fourth-order valence-electron chi connectivity index (χ4n) is 2.01. The number of ether oxygens (including phenoxy) is 1. The maximum absolute atomic E-state index is 12.0. The zero-order valence-corrected chi connectivity index (χ0v) is 18.3. The van der Waals surface area contributed by atoms with Crippen LogP contribution in [-0.2, 0) is 23.8 Å². The van der Waals surface area contributed by atoms with Gasteiger partial charge in [-0.2, -0.15) is 8.42 Å². The minimum absolute atomic E-state index is 0.000727. The van der Waals surface area contributed by atoms with E-state index in [2.05, 4.69) is 22.5 Å². The van der Waals surface area contributed by atoms with Gasteiger partial charge in [-0.15, -0.1) is 0 Å². The third-order valence-corrected chi connectivity index (χ3v) is 4.65. The Bertz CT molecular complexity index is 941. The van der Waals surface area contributed by atoms with Gasteiger partial charge in [0.25, 0.3) is 15.8 Å². The minimum atomic E-state index is -4.10. The van der Waals surface area contributed by atoms with Gasteiger partial charge in [0.1, 0.15) is 12.2 Å². The SMILES string of the molecule is CC(C)(C)OC(=O)NCCCC(=O)NCC#CCOS(=O)(=O)c1ccc([N+](=O)[O-])cc1. The molecule has 0 aromatic heterocycles. The number of alkyl carbamates (subject to hydrolysis) is 1. The molecule has 12 heteroatoms. The summed E-state index contributed by atoms with van der Waals surface area (Å²) in [6, 6.07) is 4.25. The average molecular weight is 455 g/mol. The van der Waals surface area contributed by atoms with E-state index in [-0.39, 0.29) is 36.0 Å². The molecule has 0 aliphatic rings. The zero-order chi connectivity index (χ0) is 23.5. The van der Waals surface area contributed by atoms with Crippen LogP contribution in [0.1, 0.15) is 33.6 Å². The predicted octanol–water partition coefficient (Wildman–Crippen LogP) is 1.72. The molecule has 0 atom stereocenters. The molecule has 0 aliphatic heterocycles. The van der Waals surface area contributed by atoms with E-state index in [1.165, 1.54) is 0 Å². The molecule has 11 nitrogen and oxygen atoms in total. The van der Waals surface area contributed by atoms with Crippen molar-refractivity contribution in [1.82, 2.24) is 10.6 Å². The normalized spacial score (nSPS) is 11.1. The Morgan fingerprint density at radius 1 is 1.13 bits per heavy atom. The number of nitrogens with one attached hydrogen (secondary N) is 2. The van der Waals surface area contributed by atoms with Crippen LogP contribution in [0.25, 0.3) is 0 Å². The zero-order valence-electron chi connectivity index (χ0n) is 17.5. The summed E-state index contributed by atoms with van der Waals surface area (Å²) in [4.78, 5) is 32.8. The van der Waals surface area contributed by atoms with Crippen molar-refractivity contribution in [3.63, 3.8) is 0 Å². The molecule has 1 rings (SSSR count). The van der Waals surface area contributed by atoms with Crippen LogP contribution in [-0.4, -0.2) is 50.6 Å². The number of carbonyl (C=O) groups is 2. The quantitative estimate of drug-likeness (QED) is 0.188. The lowest BCUT2D eigenvalue weighted by atomic mass is 10.2. The molecule has 1 aromatic rings. The molecule has 2 amide bonds. The van der Waals surface area contributed by atoms with Crippen molar-refractivity contribution in [2.45, 2.75) is 44.1 Å². The van der Waals surface area contributed by atoms with Gasteiger partial charge in [0.2, 0.25) is 5.91 Å². The van der Waals surface area contributed by atoms with Crippen LogP contribution in [0.5, 0.6) is 0 Å². The second-order valence-corrected chi connectivity index (χ2v) is 8.75. The molecule has 170 valence electrons. The van der Waals surface area contributed by atoms with Crippen molar-refractivity contribution in [2.24, 2.45) is 0 Å². The van der Waals surface area contributed by atoms with Crippen molar-refractivity contribution in [3.05, 3.63) is 34.4 Å².